The second kappa shape index (κ2) is 5.10. The molecule has 1 aromatic carbocycles. The predicted molar refractivity (Wildman–Crippen MR) is 84.0 cm³/mol. The highest BCUT2D eigenvalue weighted by atomic mass is 32.2. The van der Waals surface area contributed by atoms with Crippen molar-refractivity contribution in [1.29, 1.82) is 0 Å². The van der Waals surface area contributed by atoms with Gasteiger partial charge < -0.3 is 4.90 Å². The molecule has 108 valence electrons. The van der Waals surface area contributed by atoms with Crippen molar-refractivity contribution in [3.8, 4) is 0 Å². The van der Waals surface area contributed by atoms with Crippen molar-refractivity contribution in [3.05, 3.63) is 29.8 Å². The lowest BCUT2D eigenvalue weighted by Crippen LogP contribution is -2.31. The smallest absolute Gasteiger partial charge is 0.222 e. The van der Waals surface area contributed by atoms with E-state index >= 15 is 0 Å². The van der Waals surface area contributed by atoms with Gasteiger partial charge in [-0.25, -0.2) is 0 Å². The van der Waals surface area contributed by atoms with Crippen molar-refractivity contribution in [1.82, 2.24) is 4.90 Å². The Balaban J connectivity index is 1.69. The van der Waals surface area contributed by atoms with Crippen LogP contribution < -0.4 is 0 Å². The number of hydrogen-bond donors (Lipinski definition) is 0. The summed E-state index contributed by atoms with van der Waals surface area (Å²) >= 11 is 1.93. The van der Waals surface area contributed by atoms with Crippen LogP contribution in [0.5, 0.6) is 0 Å². The first-order chi connectivity index (χ1) is 9.45. The van der Waals surface area contributed by atoms with E-state index in [2.05, 4.69) is 49.9 Å². The average Bonchev–Trinajstić information content (AvgIpc) is 2.95. The Morgan fingerprint density at radius 1 is 1.30 bits per heavy atom. The van der Waals surface area contributed by atoms with Crippen molar-refractivity contribution >= 4 is 17.7 Å². The third kappa shape index (κ3) is 2.60. The van der Waals surface area contributed by atoms with Crippen LogP contribution in [0.2, 0.25) is 0 Å². The Bertz CT molecular complexity index is 520. The number of carbonyl (C=O) groups is 1. The molecule has 1 saturated heterocycles. The van der Waals surface area contributed by atoms with E-state index in [4.69, 9.17) is 0 Å². The maximum Gasteiger partial charge on any atom is 0.222 e. The summed E-state index contributed by atoms with van der Waals surface area (Å²) in [5.74, 6) is 2.47. The fourth-order valence-electron chi connectivity index (χ4n) is 3.18. The molecule has 0 N–H and O–H groups in total. The summed E-state index contributed by atoms with van der Waals surface area (Å²) in [7, 11) is 0. The SMILES string of the molecule is CC(C)(C)C1CC(=O)N(CC2CSc3ccccc32)C1. The Morgan fingerprint density at radius 3 is 2.75 bits per heavy atom. The van der Waals surface area contributed by atoms with E-state index in [1.165, 1.54) is 10.5 Å². The Labute approximate surface area is 125 Å². The van der Waals surface area contributed by atoms with Gasteiger partial charge in [-0.3, -0.25) is 4.79 Å². The molecule has 2 nitrogen and oxygen atoms in total. The van der Waals surface area contributed by atoms with Crippen molar-refractivity contribution in [2.75, 3.05) is 18.8 Å². The van der Waals surface area contributed by atoms with Crippen molar-refractivity contribution in [3.63, 3.8) is 0 Å². The second-order valence-corrected chi connectivity index (χ2v) is 8.17. The summed E-state index contributed by atoms with van der Waals surface area (Å²) in [5.41, 5.74) is 1.66. The monoisotopic (exact) mass is 289 g/mol. The minimum absolute atomic E-state index is 0.229. The molecule has 0 bridgehead atoms. The Kier molecular flexibility index (Phi) is 3.57. The topological polar surface area (TPSA) is 20.3 Å². The summed E-state index contributed by atoms with van der Waals surface area (Å²) in [4.78, 5) is 15.8. The molecule has 2 unspecified atom stereocenters. The summed E-state index contributed by atoms with van der Waals surface area (Å²) in [6.45, 7) is 8.57. The number of carbonyl (C=O) groups excluding carboxylic acids is 1. The van der Waals surface area contributed by atoms with Gasteiger partial charge in [0.25, 0.3) is 0 Å². The highest BCUT2D eigenvalue weighted by Gasteiger charge is 2.38. The Hall–Kier alpha value is -0.960. The minimum Gasteiger partial charge on any atom is -0.342 e. The lowest BCUT2D eigenvalue weighted by Gasteiger charge is -2.27. The molecule has 1 amide bonds. The van der Waals surface area contributed by atoms with Gasteiger partial charge in [0.1, 0.15) is 0 Å². The van der Waals surface area contributed by atoms with Gasteiger partial charge in [0.15, 0.2) is 0 Å². The summed E-state index contributed by atoms with van der Waals surface area (Å²) in [6.07, 6.45) is 0.727. The summed E-state index contributed by atoms with van der Waals surface area (Å²) in [6, 6.07) is 8.64. The highest BCUT2D eigenvalue weighted by Crippen LogP contribution is 2.41. The number of nitrogens with zero attached hydrogens (tertiary/aromatic N) is 1. The fourth-order valence-corrected chi connectivity index (χ4v) is 4.42. The molecule has 0 spiro atoms. The van der Waals surface area contributed by atoms with E-state index in [1.54, 1.807) is 0 Å². The molecule has 3 heteroatoms. The predicted octanol–water partition coefficient (Wildman–Crippen LogP) is 3.77. The van der Waals surface area contributed by atoms with Crippen LogP contribution in [0.25, 0.3) is 0 Å². The van der Waals surface area contributed by atoms with Gasteiger partial charge in [-0.2, -0.15) is 0 Å². The van der Waals surface area contributed by atoms with Crippen LogP contribution in [-0.4, -0.2) is 29.6 Å². The maximum absolute atomic E-state index is 12.3. The zero-order valence-electron chi connectivity index (χ0n) is 12.6. The van der Waals surface area contributed by atoms with Crippen LogP contribution in [0, 0.1) is 11.3 Å². The normalized spacial score (nSPS) is 26.1. The molecule has 3 rings (SSSR count). The quantitative estimate of drug-likeness (QED) is 0.826. The zero-order valence-corrected chi connectivity index (χ0v) is 13.4. The standard InChI is InChI=1S/C17H23NOS/c1-17(2,3)13-8-16(19)18(10-13)9-12-11-20-15-7-5-4-6-14(12)15/h4-7,12-13H,8-11H2,1-3H3. The summed E-state index contributed by atoms with van der Waals surface area (Å²) < 4.78 is 0. The number of thioether (sulfide) groups is 1. The van der Waals surface area contributed by atoms with Gasteiger partial charge in [0.2, 0.25) is 5.91 Å². The van der Waals surface area contributed by atoms with Crippen molar-refractivity contribution in [2.45, 2.75) is 38.0 Å². The Morgan fingerprint density at radius 2 is 2.05 bits per heavy atom. The molecule has 0 radical (unpaired) electrons. The molecular weight excluding hydrogens is 266 g/mol. The van der Waals surface area contributed by atoms with Gasteiger partial charge in [0.05, 0.1) is 0 Å². The molecule has 20 heavy (non-hydrogen) atoms. The molecule has 0 saturated carbocycles. The van der Waals surface area contributed by atoms with E-state index < -0.39 is 0 Å². The van der Waals surface area contributed by atoms with E-state index in [0.717, 1.165) is 25.3 Å². The first-order valence-electron chi connectivity index (χ1n) is 7.44. The van der Waals surface area contributed by atoms with E-state index in [1.807, 2.05) is 11.8 Å². The van der Waals surface area contributed by atoms with Crippen molar-refractivity contribution < 1.29 is 4.79 Å². The molecule has 2 aliphatic heterocycles. The first-order valence-corrected chi connectivity index (χ1v) is 8.43. The molecule has 1 fully saturated rings. The lowest BCUT2D eigenvalue weighted by atomic mass is 9.80. The second-order valence-electron chi connectivity index (χ2n) is 7.11. The molecule has 2 aliphatic rings. The van der Waals surface area contributed by atoms with Crippen LogP contribution in [0.1, 0.15) is 38.7 Å². The average molecular weight is 289 g/mol. The third-order valence-corrected chi connectivity index (χ3v) is 5.93. The number of amides is 1. The number of hydrogen-bond acceptors (Lipinski definition) is 2. The van der Waals surface area contributed by atoms with Gasteiger partial charge in [-0.05, 0) is 23.0 Å². The number of benzene rings is 1. The van der Waals surface area contributed by atoms with Crippen LogP contribution in [-0.2, 0) is 4.79 Å². The van der Waals surface area contributed by atoms with Gasteiger partial charge >= 0.3 is 0 Å². The van der Waals surface area contributed by atoms with Crippen LogP contribution in [0.4, 0.5) is 0 Å². The number of rotatable bonds is 2. The number of fused-ring (bicyclic) bond motifs is 1. The molecule has 0 aliphatic carbocycles. The van der Waals surface area contributed by atoms with Crippen LogP contribution in [0.3, 0.4) is 0 Å². The van der Waals surface area contributed by atoms with Gasteiger partial charge in [0, 0.05) is 36.1 Å². The zero-order chi connectivity index (χ0) is 14.3. The molecule has 1 aromatic rings. The molecule has 0 aromatic heterocycles. The van der Waals surface area contributed by atoms with Crippen molar-refractivity contribution in [2.24, 2.45) is 11.3 Å². The van der Waals surface area contributed by atoms with Gasteiger partial charge in [-0.1, -0.05) is 39.0 Å². The van der Waals surface area contributed by atoms with E-state index in [0.29, 0.717) is 17.7 Å². The third-order valence-electron chi connectivity index (χ3n) is 4.68. The maximum atomic E-state index is 12.3. The molecule has 2 heterocycles. The van der Waals surface area contributed by atoms with Crippen LogP contribution in [0.15, 0.2) is 29.2 Å². The van der Waals surface area contributed by atoms with Gasteiger partial charge in [-0.15, -0.1) is 11.8 Å². The van der Waals surface area contributed by atoms with E-state index in [-0.39, 0.29) is 5.41 Å². The number of likely N-dealkylation sites (tertiary alicyclic amines) is 1. The largest absolute Gasteiger partial charge is 0.342 e. The molecular formula is C17H23NOS. The highest BCUT2D eigenvalue weighted by molar-refractivity contribution is 7.99. The molecule has 2 atom stereocenters. The van der Waals surface area contributed by atoms with Crippen LogP contribution >= 0.6 is 11.8 Å². The first kappa shape index (κ1) is 14.0. The fraction of sp³-hybridized carbons (Fsp3) is 0.588. The van der Waals surface area contributed by atoms with E-state index in [9.17, 15) is 4.79 Å². The summed E-state index contributed by atoms with van der Waals surface area (Å²) in [5, 5.41) is 0. The lowest BCUT2D eigenvalue weighted by molar-refractivity contribution is -0.127. The minimum atomic E-state index is 0.229.